The molecule has 1 aromatic rings. The number of nitrogens with one attached hydrogen (secondary N) is 1. The highest BCUT2D eigenvalue weighted by Crippen LogP contribution is 2.44. The van der Waals surface area contributed by atoms with Crippen LogP contribution in [0.1, 0.15) is 25.7 Å². The van der Waals surface area contributed by atoms with Crippen molar-refractivity contribution in [1.29, 1.82) is 0 Å². The van der Waals surface area contributed by atoms with Crippen LogP contribution in [0.3, 0.4) is 0 Å². The first-order valence-electron chi connectivity index (χ1n) is 6.49. The van der Waals surface area contributed by atoms with E-state index in [0.29, 0.717) is 17.7 Å². The van der Waals surface area contributed by atoms with Gasteiger partial charge in [0.2, 0.25) is 0 Å². The summed E-state index contributed by atoms with van der Waals surface area (Å²) in [5, 5.41) is 11.4. The normalized spacial score (nSPS) is 21.9. The van der Waals surface area contributed by atoms with Gasteiger partial charge in [0.15, 0.2) is 4.34 Å². The van der Waals surface area contributed by atoms with E-state index >= 15 is 0 Å². The third-order valence-corrected chi connectivity index (χ3v) is 5.68. The van der Waals surface area contributed by atoms with Crippen LogP contribution in [0.2, 0.25) is 0 Å². The molecule has 1 N–H and O–H groups in total. The smallest absolute Gasteiger partial charge is 0.327 e. The predicted octanol–water partition coefficient (Wildman–Crippen LogP) is 1.70. The lowest BCUT2D eigenvalue weighted by Crippen LogP contribution is -2.57. The molecule has 1 heterocycles. The molecule has 104 valence electrons. The van der Waals surface area contributed by atoms with Gasteiger partial charge in [-0.1, -0.05) is 23.1 Å². The first-order chi connectivity index (χ1) is 9.24. The largest absolute Gasteiger partial charge is 0.468 e. The highest BCUT2D eigenvalue weighted by atomic mass is 32.2. The fourth-order valence-corrected chi connectivity index (χ4v) is 4.06. The molecule has 0 aromatic carbocycles. The summed E-state index contributed by atoms with van der Waals surface area (Å²) in [6.07, 6.45) is 4.53. The van der Waals surface area contributed by atoms with Crippen molar-refractivity contribution in [3.8, 4) is 0 Å². The standard InChI is InChI=1S/C12H17N3O2S2/c1-17-10(16)12(8-2-3-8,14-9-4-5-9)6-18-11-15-13-7-19-11/h7-9,14H,2-6H2,1H3. The number of hydrogen-bond donors (Lipinski definition) is 1. The molecule has 1 aromatic heterocycles. The summed E-state index contributed by atoms with van der Waals surface area (Å²) in [5.74, 6) is 0.954. The summed E-state index contributed by atoms with van der Waals surface area (Å²) in [7, 11) is 1.48. The molecule has 2 aliphatic carbocycles. The lowest BCUT2D eigenvalue weighted by molar-refractivity contribution is -0.148. The fraction of sp³-hybridized carbons (Fsp3) is 0.750. The Morgan fingerprint density at radius 3 is 2.89 bits per heavy atom. The molecule has 0 aliphatic heterocycles. The summed E-state index contributed by atoms with van der Waals surface area (Å²) >= 11 is 3.11. The Kier molecular flexibility index (Phi) is 3.77. The van der Waals surface area contributed by atoms with Crippen LogP contribution >= 0.6 is 23.1 Å². The maximum absolute atomic E-state index is 12.3. The van der Waals surface area contributed by atoms with Crippen molar-refractivity contribution in [2.75, 3.05) is 12.9 Å². The molecule has 2 saturated carbocycles. The Labute approximate surface area is 120 Å². The van der Waals surface area contributed by atoms with E-state index in [0.717, 1.165) is 30.0 Å². The van der Waals surface area contributed by atoms with Crippen molar-refractivity contribution in [3.63, 3.8) is 0 Å². The van der Waals surface area contributed by atoms with E-state index in [1.165, 1.54) is 18.4 Å². The minimum Gasteiger partial charge on any atom is -0.468 e. The number of aromatic nitrogens is 2. The van der Waals surface area contributed by atoms with E-state index in [1.54, 1.807) is 17.3 Å². The number of ether oxygens (including phenoxy) is 1. The number of esters is 1. The second-order valence-electron chi connectivity index (χ2n) is 5.15. The SMILES string of the molecule is COC(=O)C(CSc1nncs1)(NC1CC1)C1CC1. The van der Waals surface area contributed by atoms with Crippen molar-refractivity contribution in [2.24, 2.45) is 5.92 Å². The monoisotopic (exact) mass is 299 g/mol. The molecule has 0 saturated heterocycles. The number of nitrogens with zero attached hydrogens (tertiary/aromatic N) is 2. The van der Waals surface area contributed by atoms with Gasteiger partial charge in [-0.15, -0.1) is 10.2 Å². The Morgan fingerprint density at radius 1 is 1.58 bits per heavy atom. The summed E-state index contributed by atoms with van der Waals surface area (Å²) in [6, 6.07) is 0.481. The number of carbonyl (C=O) groups excluding carboxylic acids is 1. The Hall–Kier alpha value is -0.660. The molecule has 0 radical (unpaired) electrons. The molecule has 2 aliphatic rings. The average Bonchev–Trinajstić information content (AvgIpc) is 3.34. The van der Waals surface area contributed by atoms with Gasteiger partial charge in [0.1, 0.15) is 11.0 Å². The molecule has 19 heavy (non-hydrogen) atoms. The van der Waals surface area contributed by atoms with Gasteiger partial charge in [0.05, 0.1) is 7.11 Å². The number of rotatable bonds is 7. The minimum atomic E-state index is -0.535. The molecule has 1 unspecified atom stereocenters. The van der Waals surface area contributed by atoms with Crippen molar-refractivity contribution in [2.45, 2.75) is 41.6 Å². The highest BCUT2D eigenvalue weighted by Gasteiger charge is 2.53. The Balaban J connectivity index is 1.74. The molecular formula is C12H17N3O2S2. The second kappa shape index (κ2) is 5.38. The van der Waals surface area contributed by atoms with Crippen LogP contribution in [-0.2, 0) is 9.53 Å². The first-order valence-corrected chi connectivity index (χ1v) is 8.36. The molecular weight excluding hydrogens is 282 g/mol. The van der Waals surface area contributed by atoms with Gasteiger partial charge in [-0.05, 0) is 31.6 Å². The van der Waals surface area contributed by atoms with Crippen LogP contribution in [0, 0.1) is 5.92 Å². The topological polar surface area (TPSA) is 64.1 Å². The summed E-state index contributed by atoms with van der Waals surface area (Å²) in [4.78, 5) is 12.3. The molecule has 0 spiro atoms. The zero-order chi connectivity index (χ0) is 13.3. The lowest BCUT2D eigenvalue weighted by Gasteiger charge is -2.32. The van der Waals surface area contributed by atoms with Gasteiger partial charge < -0.3 is 4.74 Å². The zero-order valence-corrected chi connectivity index (χ0v) is 12.4. The van der Waals surface area contributed by atoms with Gasteiger partial charge in [0.25, 0.3) is 0 Å². The minimum absolute atomic E-state index is 0.126. The summed E-state index contributed by atoms with van der Waals surface area (Å²) < 4.78 is 5.98. The van der Waals surface area contributed by atoms with Gasteiger partial charge in [-0.3, -0.25) is 10.1 Å². The van der Waals surface area contributed by atoms with Crippen LogP contribution in [0.4, 0.5) is 0 Å². The molecule has 1 atom stereocenters. The summed E-state index contributed by atoms with van der Waals surface area (Å²) in [5.41, 5.74) is 1.18. The molecule has 0 bridgehead atoms. The Bertz CT molecular complexity index is 446. The van der Waals surface area contributed by atoms with Gasteiger partial charge in [0, 0.05) is 11.8 Å². The Morgan fingerprint density at radius 2 is 2.37 bits per heavy atom. The van der Waals surface area contributed by atoms with Gasteiger partial charge >= 0.3 is 5.97 Å². The van der Waals surface area contributed by atoms with E-state index in [1.807, 2.05) is 0 Å². The van der Waals surface area contributed by atoms with E-state index in [9.17, 15) is 4.79 Å². The molecule has 2 fully saturated rings. The van der Waals surface area contributed by atoms with Gasteiger partial charge in [-0.25, -0.2) is 0 Å². The average molecular weight is 299 g/mol. The number of carbonyl (C=O) groups is 1. The van der Waals surface area contributed by atoms with E-state index in [4.69, 9.17) is 4.74 Å². The quantitative estimate of drug-likeness (QED) is 0.611. The van der Waals surface area contributed by atoms with Crippen LogP contribution in [0.5, 0.6) is 0 Å². The third-order valence-electron chi connectivity index (χ3n) is 3.63. The highest BCUT2D eigenvalue weighted by molar-refractivity contribution is 8.01. The van der Waals surface area contributed by atoms with E-state index in [-0.39, 0.29) is 5.97 Å². The molecule has 5 nitrogen and oxygen atoms in total. The van der Waals surface area contributed by atoms with E-state index < -0.39 is 5.54 Å². The van der Waals surface area contributed by atoms with Crippen molar-refractivity contribution in [3.05, 3.63) is 5.51 Å². The van der Waals surface area contributed by atoms with E-state index in [2.05, 4.69) is 15.5 Å². The molecule has 7 heteroatoms. The van der Waals surface area contributed by atoms with Crippen molar-refractivity contribution < 1.29 is 9.53 Å². The summed E-state index contributed by atoms with van der Waals surface area (Å²) in [6.45, 7) is 0. The lowest BCUT2D eigenvalue weighted by atomic mass is 9.95. The maximum Gasteiger partial charge on any atom is 0.327 e. The third kappa shape index (κ3) is 2.93. The van der Waals surface area contributed by atoms with Crippen LogP contribution in [0.25, 0.3) is 0 Å². The van der Waals surface area contributed by atoms with Crippen LogP contribution in [-0.4, -0.2) is 40.6 Å². The fourth-order valence-electron chi connectivity index (χ4n) is 2.31. The van der Waals surface area contributed by atoms with Gasteiger partial charge in [-0.2, -0.15) is 0 Å². The predicted molar refractivity (Wildman–Crippen MR) is 74.3 cm³/mol. The number of hydrogen-bond acceptors (Lipinski definition) is 7. The molecule has 3 rings (SSSR count). The molecule has 0 amide bonds. The number of thioether (sulfide) groups is 1. The number of methoxy groups -OCH3 is 1. The van der Waals surface area contributed by atoms with Crippen LogP contribution in [0.15, 0.2) is 9.85 Å². The van der Waals surface area contributed by atoms with Crippen LogP contribution < -0.4 is 5.32 Å². The second-order valence-corrected chi connectivity index (χ2v) is 7.20. The first kappa shape index (κ1) is 13.3. The van der Waals surface area contributed by atoms with Crippen molar-refractivity contribution >= 4 is 29.1 Å². The zero-order valence-electron chi connectivity index (χ0n) is 10.8. The van der Waals surface area contributed by atoms with Crippen molar-refractivity contribution in [1.82, 2.24) is 15.5 Å². The maximum atomic E-state index is 12.3.